The van der Waals surface area contributed by atoms with Crippen molar-refractivity contribution in [1.82, 2.24) is 0 Å². The van der Waals surface area contributed by atoms with Crippen molar-refractivity contribution in [2.24, 2.45) is 0 Å². The van der Waals surface area contributed by atoms with Crippen LogP contribution < -0.4 is 0 Å². The maximum Gasteiger partial charge on any atom is 0.143 e. The molecule has 0 aliphatic rings. The topological polar surface area (TPSA) is 33.0 Å². The molecule has 0 bridgehead atoms. The molecule has 0 rings (SSSR count). The highest BCUT2D eigenvalue weighted by molar-refractivity contribution is 4.82. The molecule has 0 heterocycles. The van der Waals surface area contributed by atoms with Crippen LogP contribution in [0.1, 0.15) is 51.9 Å². The van der Waals surface area contributed by atoms with Gasteiger partial charge in [0.1, 0.15) is 6.10 Å². The number of nitriles is 1. The number of hydrogen-bond acceptors (Lipinski definition) is 2. The number of alkyl halides is 1. The molecule has 0 spiro atoms. The fourth-order valence-corrected chi connectivity index (χ4v) is 1.38. The number of nitrogens with zero attached hydrogens (tertiary/aromatic N) is 1. The van der Waals surface area contributed by atoms with E-state index in [2.05, 4.69) is 6.07 Å². The largest absolute Gasteiger partial charge is 0.363 e. The molecule has 3 heteroatoms. The van der Waals surface area contributed by atoms with Crippen LogP contribution >= 0.6 is 0 Å². The van der Waals surface area contributed by atoms with Crippen molar-refractivity contribution in [2.75, 3.05) is 13.3 Å². The molecule has 0 aromatic heterocycles. The molecule has 0 N–H and O–H groups in total. The maximum absolute atomic E-state index is 11.7. The van der Waals surface area contributed by atoms with Gasteiger partial charge in [-0.05, 0) is 19.3 Å². The Labute approximate surface area is 92.4 Å². The van der Waals surface area contributed by atoms with Crippen LogP contribution in [0.15, 0.2) is 0 Å². The Morgan fingerprint density at radius 1 is 1.13 bits per heavy atom. The summed E-state index contributed by atoms with van der Waals surface area (Å²) in [4.78, 5) is 0. The van der Waals surface area contributed by atoms with Crippen LogP contribution in [0.3, 0.4) is 0 Å². The second kappa shape index (κ2) is 11.5. The zero-order chi connectivity index (χ0) is 11.4. The van der Waals surface area contributed by atoms with Gasteiger partial charge >= 0.3 is 0 Å². The van der Waals surface area contributed by atoms with Crippen molar-refractivity contribution >= 4 is 0 Å². The van der Waals surface area contributed by atoms with Gasteiger partial charge in [0.2, 0.25) is 0 Å². The minimum Gasteiger partial charge on any atom is -0.363 e. The summed E-state index contributed by atoms with van der Waals surface area (Å²) < 4.78 is 17.1. The van der Waals surface area contributed by atoms with Gasteiger partial charge in [-0.25, -0.2) is 0 Å². The van der Waals surface area contributed by atoms with Gasteiger partial charge in [-0.1, -0.05) is 32.6 Å². The van der Waals surface area contributed by atoms with Gasteiger partial charge in [0.25, 0.3) is 0 Å². The summed E-state index contributed by atoms with van der Waals surface area (Å²) in [5.74, 6) is 0. The molecule has 0 aliphatic heterocycles. The first-order valence-corrected chi connectivity index (χ1v) is 5.92. The normalized spacial score (nSPS) is 12.3. The first kappa shape index (κ1) is 14.4. The zero-order valence-electron chi connectivity index (χ0n) is 9.67. The average Bonchev–Trinajstić information content (AvgIpc) is 2.27. The molecule has 0 saturated carbocycles. The lowest BCUT2D eigenvalue weighted by Gasteiger charge is -2.07. The number of halogens is 1. The van der Waals surface area contributed by atoms with E-state index in [0.29, 0.717) is 13.0 Å². The van der Waals surface area contributed by atoms with E-state index in [4.69, 9.17) is 10.00 Å². The molecule has 1 atom stereocenters. The van der Waals surface area contributed by atoms with E-state index < -0.39 is 0 Å². The summed E-state index contributed by atoms with van der Waals surface area (Å²) in [6.45, 7) is 2.43. The molecule has 1 unspecified atom stereocenters. The molecule has 0 aromatic carbocycles. The van der Waals surface area contributed by atoms with E-state index in [9.17, 15) is 4.39 Å². The predicted molar refractivity (Wildman–Crippen MR) is 59.3 cm³/mol. The lowest BCUT2D eigenvalue weighted by molar-refractivity contribution is 0.0842. The SMILES string of the molecule is CCC(C#N)OCCCCCCCCF. The lowest BCUT2D eigenvalue weighted by atomic mass is 10.1. The second-order valence-electron chi connectivity index (χ2n) is 3.71. The fraction of sp³-hybridized carbons (Fsp3) is 0.917. The Balaban J connectivity index is 3.08. The summed E-state index contributed by atoms with van der Waals surface area (Å²) in [6.07, 6.45) is 6.59. The van der Waals surface area contributed by atoms with E-state index in [1.807, 2.05) is 6.92 Å². The van der Waals surface area contributed by atoms with E-state index in [1.165, 1.54) is 0 Å². The highest BCUT2D eigenvalue weighted by Crippen LogP contribution is 2.06. The van der Waals surface area contributed by atoms with Crippen molar-refractivity contribution in [1.29, 1.82) is 5.26 Å². The standard InChI is InChI=1S/C12H22FNO/c1-2-12(11-14)15-10-8-6-4-3-5-7-9-13/h12H,2-10H2,1H3. The van der Waals surface area contributed by atoms with Crippen molar-refractivity contribution in [3.8, 4) is 6.07 Å². The second-order valence-corrected chi connectivity index (χ2v) is 3.71. The van der Waals surface area contributed by atoms with Crippen molar-refractivity contribution < 1.29 is 9.13 Å². The maximum atomic E-state index is 11.7. The molecule has 2 nitrogen and oxygen atoms in total. The van der Waals surface area contributed by atoms with E-state index >= 15 is 0 Å². The monoisotopic (exact) mass is 215 g/mol. The third-order valence-corrected chi connectivity index (χ3v) is 2.36. The minimum atomic E-state index is -0.239. The molecule has 0 saturated heterocycles. The fourth-order valence-electron chi connectivity index (χ4n) is 1.38. The van der Waals surface area contributed by atoms with Crippen LogP contribution in [-0.4, -0.2) is 19.4 Å². The lowest BCUT2D eigenvalue weighted by Crippen LogP contribution is -2.09. The Morgan fingerprint density at radius 3 is 2.27 bits per heavy atom. The summed E-state index contributed by atoms with van der Waals surface area (Å²) in [6, 6.07) is 2.11. The molecular weight excluding hydrogens is 193 g/mol. The Kier molecular flexibility index (Phi) is 11.0. The minimum absolute atomic E-state index is 0.191. The molecule has 0 fully saturated rings. The summed E-state index contributed by atoms with van der Waals surface area (Å²) in [5, 5.41) is 8.62. The van der Waals surface area contributed by atoms with E-state index in [0.717, 1.165) is 38.5 Å². The van der Waals surface area contributed by atoms with E-state index in [-0.39, 0.29) is 12.8 Å². The summed E-state index contributed by atoms with van der Waals surface area (Å²) >= 11 is 0. The third kappa shape index (κ3) is 9.68. The molecule has 88 valence electrons. The molecule has 0 amide bonds. The highest BCUT2D eigenvalue weighted by atomic mass is 19.1. The summed E-state index contributed by atoms with van der Waals surface area (Å²) in [7, 11) is 0. The van der Waals surface area contributed by atoms with Crippen LogP contribution in [0.2, 0.25) is 0 Å². The van der Waals surface area contributed by atoms with Gasteiger partial charge in [0, 0.05) is 6.61 Å². The van der Waals surface area contributed by atoms with Crippen LogP contribution in [0.4, 0.5) is 4.39 Å². The first-order chi connectivity index (χ1) is 7.35. The van der Waals surface area contributed by atoms with E-state index in [1.54, 1.807) is 0 Å². The molecule has 0 radical (unpaired) electrons. The molecule has 15 heavy (non-hydrogen) atoms. The Hall–Kier alpha value is -0.620. The third-order valence-electron chi connectivity index (χ3n) is 2.36. The van der Waals surface area contributed by atoms with Crippen LogP contribution in [0, 0.1) is 11.3 Å². The first-order valence-electron chi connectivity index (χ1n) is 5.92. The number of rotatable bonds is 10. The van der Waals surface area contributed by atoms with Gasteiger partial charge in [-0.15, -0.1) is 0 Å². The van der Waals surface area contributed by atoms with Gasteiger partial charge in [-0.2, -0.15) is 5.26 Å². The van der Waals surface area contributed by atoms with Crippen LogP contribution in [0.25, 0.3) is 0 Å². The quantitative estimate of drug-likeness (QED) is 0.521. The predicted octanol–water partition coefficient (Wildman–Crippen LogP) is 3.62. The average molecular weight is 215 g/mol. The Morgan fingerprint density at radius 2 is 1.73 bits per heavy atom. The van der Waals surface area contributed by atoms with Gasteiger partial charge in [0.05, 0.1) is 12.7 Å². The Bertz CT molecular complexity index is 167. The van der Waals surface area contributed by atoms with Crippen molar-refractivity contribution in [3.63, 3.8) is 0 Å². The highest BCUT2D eigenvalue weighted by Gasteiger charge is 2.02. The number of ether oxygens (including phenoxy) is 1. The molecule has 0 aromatic rings. The van der Waals surface area contributed by atoms with Crippen molar-refractivity contribution in [2.45, 2.75) is 58.0 Å². The number of unbranched alkanes of at least 4 members (excludes halogenated alkanes) is 5. The van der Waals surface area contributed by atoms with Crippen LogP contribution in [0.5, 0.6) is 0 Å². The molecular formula is C12H22FNO. The zero-order valence-corrected chi connectivity index (χ0v) is 9.67. The van der Waals surface area contributed by atoms with Gasteiger partial charge < -0.3 is 4.74 Å². The van der Waals surface area contributed by atoms with Crippen molar-refractivity contribution in [3.05, 3.63) is 0 Å². The van der Waals surface area contributed by atoms with Gasteiger partial charge in [-0.3, -0.25) is 4.39 Å². The molecule has 0 aliphatic carbocycles. The smallest absolute Gasteiger partial charge is 0.143 e. The summed E-state index contributed by atoms with van der Waals surface area (Å²) in [5.41, 5.74) is 0. The number of hydrogen-bond donors (Lipinski definition) is 0. The van der Waals surface area contributed by atoms with Crippen LogP contribution in [-0.2, 0) is 4.74 Å². The van der Waals surface area contributed by atoms with Gasteiger partial charge in [0.15, 0.2) is 0 Å².